The van der Waals surface area contributed by atoms with Crippen LogP contribution in [-0.4, -0.2) is 46.1 Å². The Hall–Kier alpha value is -0.800. The molecule has 0 fully saturated rings. The first-order valence-corrected chi connectivity index (χ1v) is 20.6. The van der Waals surface area contributed by atoms with E-state index in [0.29, 0.717) is 12.8 Å². The SMILES string of the molecule is CCCCCCCCCCCCCCOP(=O)(O)OC(=O)CC(O)C(=O)OP(=O)(O)OCCCCCCCCCCCCCC. The second-order valence-corrected chi connectivity index (χ2v) is 14.7. The monoisotopic (exact) mass is 686 g/mol. The van der Waals surface area contributed by atoms with Gasteiger partial charge in [-0.15, -0.1) is 0 Å². The van der Waals surface area contributed by atoms with Crippen molar-refractivity contribution in [3.63, 3.8) is 0 Å². The molecular formula is C32H64O11P2. The minimum absolute atomic E-state index is 0.0900. The second kappa shape index (κ2) is 29.3. The van der Waals surface area contributed by atoms with Gasteiger partial charge in [-0.3, -0.25) is 23.6 Å². The molecule has 0 bridgehead atoms. The fourth-order valence-electron chi connectivity index (χ4n) is 4.88. The van der Waals surface area contributed by atoms with Crippen molar-refractivity contribution < 1.29 is 51.7 Å². The van der Waals surface area contributed by atoms with Gasteiger partial charge in [-0.25, -0.2) is 13.9 Å². The molecule has 0 spiro atoms. The minimum atomic E-state index is -4.80. The summed E-state index contributed by atoms with van der Waals surface area (Å²) in [6.07, 6.45) is 23.6. The summed E-state index contributed by atoms with van der Waals surface area (Å²) in [5.74, 6) is -2.98. The zero-order chi connectivity index (χ0) is 33.7. The Bertz CT molecular complexity index is 825. The molecule has 0 heterocycles. The van der Waals surface area contributed by atoms with Gasteiger partial charge in [0.05, 0.1) is 19.6 Å². The topological polar surface area (TPSA) is 166 Å². The summed E-state index contributed by atoms with van der Waals surface area (Å²) < 4.78 is 42.3. The van der Waals surface area contributed by atoms with Crippen LogP contribution in [0.15, 0.2) is 0 Å². The van der Waals surface area contributed by atoms with E-state index in [1.54, 1.807) is 0 Å². The molecule has 45 heavy (non-hydrogen) atoms. The fourth-order valence-corrected chi connectivity index (χ4v) is 6.39. The van der Waals surface area contributed by atoms with E-state index in [0.717, 1.165) is 51.4 Å². The number of hydrogen-bond donors (Lipinski definition) is 3. The number of carbonyl (C=O) groups excluding carboxylic acids is 2. The molecule has 13 heteroatoms. The summed E-state index contributed by atoms with van der Waals surface area (Å²) >= 11 is 0. The lowest BCUT2D eigenvalue weighted by molar-refractivity contribution is -0.151. The molecule has 11 nitrogen and oxygen atoms in total. The van der Waals surface area contributed by atoms with Gasteiger partial charge in [-0.1, -0.05) is 155 Å². The summed E-state index contributed by atoms with van der Waals surface area (Å²) in [6.45, 7) is 4.22. The van der Waals surface area contributed by atoms with Crippen molar-refractivity contribution in [1.82, 2.24) is 0 Å². The van der Waals surface area contributed by atoms with Crippen LogP contribution in [0.4, 0.5) is 0 Å². The molecular weight excluding hydrogens is 622 g/mol. The summed E-state index contributed by atoms with van der Waals surface area (Å²) in [7, 11) is -9.54. The average molecular weight is 687 g/mol. The molecule has 3 N–H and O–H groups in total. The molecule has 0 radical (unpaired) electrons. The molecule has 3 unspecified atom stereocenters. The lowest BCUT2D eigenvalue weighted by atomic mass is 10.1. The van der Waals surface area contributed by atoms with Gasteiger partial charge in [0.15, 0.2) is 6.10 Å². The van der Waals surface area contributed by atoms with Gasteiger partial charge in [0.25, 0.3) is 0 Å². The van der Waals surface area contributed by atoms with Crippen LogP contribution in [0.2, 0.25) is 0 Å². The number of rotatable bonds is 33. The second-order valence-electron chi connectivity index (χ2n) is 12.0. The van der Waals surface area contributed by atoms with Crippen molar-refractivity contribution in [2.75, 3.05) is 13.2 Å². The summed E-state index contributed by atoms with van der Waals surface area (Å²) in [5.41, 5.74) is 0. The predicted octanol–water partition coefficient (Wildman–Crippen LogP) is 9.46. The van der Waals surface area contributed by atoms with Gasteiger partial charge in [0, 0.05) is 0 Å². The van der Waals surface area contributed by atoms with E-state index in [9.17, 15) is 33.6 Å². The van der Waals surface area contributed by atoms with E-state index in [4.69, 9.17) is 9.05 Å². The predicted molar refractivity (Wildman–Crippen MR) is 177 cm³/mol. The lowest BCUT2D eigenvalue weighted by Crippen LogP contribution is -2.26. The maximum Gasteiger partial charge on any atom is 0.529 e. The molecule has 0 aliphatic heterocycles. The molecule has 0 aromatic heterocycles. The number of phosphoric ester groups is 2. The minimum Gasteiger partial charge on any atom is -0.381 e. The largest absolute Gasteiger partial charge is 0.529 e. The van der Waals surface area contributed by atoms with Crippen molar-refractivity contribution in [2.24, 2.45) is 0 Å². The van der Waals surface area contributed by atoms with Crippen LogP contribution < -0.4 is 0 Å². The highest BCUT2D eigenvalue weighted by molar-refractivity contribution is 7.48. The highest BCUT2D eigenvalue weighted by Crippen LogP contribution is 2.45. The molecule has 268 valence electrons. The maximum atomic E-state index is 12.0. The Balaban J connectivity index is 3.91. The molecule has 0 amide bonds. The Kier molecular flexibility index (Phi) is 28.8. The smallest absolute Gasteiger partial charge is 0.381 e. The third kappa shape index (κ3) is 30.3. The number of unbranched alkanes of at least 4 members (excludes halogenated alkanes) is 22. The van der Waals surface area contributed by atoms with E-state index < -0.39 is 40.1 Å². The fraction of sp³-hybridized carbons (Fsp3) is 0.938. The first-order chi connectivity index (χ1) is 21.5. The first kappa shape index (κ1) is 44.2. The Labute approximate surface area is 272 Å². The Morgan fingerprint density at radius 3 is 1.13 bits per heavy atom. The highest BCUT2D eigenvalue weighted by atomic mass is 31.2. The van der Waals surface area contributed by atoms with Gasteiger partial charge < -0.3 is 14.2 Å². The van der Waals surface area contributed by atoms with E-state index >= 15 is 0 Å². The van der Waals surface area contributed by atoms with Crippen LogP contribution in [0.5, 0.6) is 0 Å². The number of aliphatic hydroxyl groups is 1. The molecule has 0 aliphatic rings. The van der Waals surface area contributed by atoms with Crippen LogP contribution in [0.1, 0.15) is 174 Å². The van der Waals surface area contributed by atoms with Crippen molar-refractivity contribution in [3.8, 4) is 0 Å². The third-order valence-corrected chi connectivity index (χ3v) is 9.42. The maximum absolute atomic E-state index is 12.0. The van der Waals surface area contributed by atoms with Crippen molar-refractivity contribution in [1.29, 1.82) is 0 Å². The van der Waals surface area contributed by atoms with Crippen molar-refractivity contribution in [2.45, 2.75) is 180 Å². The van der Waals surface area contributed by atoms with Crippen molar-refractivity contribution >= 4 is 27.6 Å². The van der Waals surface area contributed by atoms with Gasteiger partial charge in [-0.05, 0) is 12.8 Å². The third-order valence-electron chi connectivity index (χ3n) is 7.56. The number of phosphoric acid groups is 2. The average Bonchev–Trinajstić information content (AvgIpc) is 2.97. The Morgan fingerprint density at radius 1 is 0.511 bits per heavy atom. The van der Waals surface area contributed by atoms with Gasteiger partial charge in [0.2, 0.25) is 0 Å². The molecule has 0 aromatic carbocycles. The highest BCUT2D eigenvalue weighted by Gasteiger charge is 2.33. The standard InChI is InChI=1S/C32H64O11P2/c1-3-5-7-9-11-13-15-17-19-21-23-25-27-40-44(36,37)42-31(34)29-30(33)32(35)43-45(38,39)41-28-26-24-22-20-18-16-14-12-10-8-6-4-2/h30,33H,3-29H2,1-2H3,(H,36,37)(H,38,39). The number of hydrogen-bond acceptors (Lipinski definition) is 9. The summed E-state index contributed by atoms with van der Waals surface area (Å²) in [6, 6.07) is 0. The van der Waals surface area contributed by atoms with E-state index in [-0.39, 0.29) is 13.2 Å². The van der Waals surface area contributed by atoms with E-state index in [1.165, 1.54) is 89.9 Å². The quantitative estimate of drug-likeness (QED) is 0.0444. The molecule has 0 saturated heterocycles. The van der Waals surface area contributed by atoms with Crippen LogP contribution in [-0.2, 0) is 36.8 Å². The van der Waals surface area contributed by atoms with Crippen LogP contribution >= 0.6 is 15.6 Å². The van der Waals surface area contributed by atoms with Crippen LogP contribution in [0.25, 0.3) is 0 Å². The molecule has 3 atom stereocenters. The van der Waals surface area contributed by atoms with Gasteiger partial charge in [0.1, 0.15) is 0 Å². The summed E-state index contributed by atoms with van der Waals surface area (Å²) in [5, 5.41) is 9.86. The zero-order valence-electron chi connectivity index (χ0n) is 28.2. The zero-order valence-corrected chi connectivity index (χ0v) is 30.0. The molecule has 0 rings (SSSR count). The number of aliphatic hydroxyl groups excluding tert-OH is 1. The van der Waals surface area contributed by atoms with Crippen LogP contribution in [0, 0.1) is 0 Å². The van der Waals surface area contributed by atoms with Crippen LogP contribution in [0.3, 0.4) is 0 Å². The Morgan fingerprint density at radius 2 is 0.800 bits per heavy atom. The summed E-state index contributed by atoms with van der Waals surface area (Å²) in [4.78, 5) is 43.3. The first-order valence-electron chi connectivity index (χ1n) is 17.6. The normalized spacial score (nSPS) is 14.9. The molecule has 0 saturated carbocycles. The van der Waals surface area contributed by atoms with E-state index in [1.807, 2.05) is 0 Å². The van der Waals surface area contributed by atoms with Crippen molar-refractivity contribution in [3.05, 3.63) is 0 Å². The number of carbonyl (C=O) groups is 2. The van der Waals surface area contributed by atoms with Gasteiger partial charge in [-0.2, -0.15) is 0 Å². The molecule has 0 aliphatic carbocycles. The van der Waals surface area contributed by atoms with E-state index in [2.05, 4.69) is 22.9 Å². The molecule has 0 aromatic rings. The van der Waals surface area contributed by atoms with Gasteiger partial charge >= 0.3 is 27.6 Å². The lowest BCUT2D eigenvalue weighted by Gasteiger charge is -2.15.